The molecular formula is C10H16. The minimum absolute atomic E-state index is 0.971. The number of rotatable bonds is 3. The van der Waals surface area contributed by atoms with Gasteiger partial charge in [0, 0.05) is 0 Å². The summed E-state index contributed by atoms with van der Waals surface area (Å²) in [6.45, 7) is 7.49. The number of hydrogen-bond acceptors (Lipinski definition) is 0. The molecule has 0 nitrogen and oxygen atoms in total. The molecule has 0 aromatic carbocycles. The van der Waals surface area contributed by atoms with Gasteiger partial charge in [-0.05, 0) is 27.2 Å². The zero-order chi connectivity index (χ0) is 8.69. The molecule has 0 heteroatoms. The number of allylic oxidation sites excluding steroid dienone is 5. The molecule has 0 saturated heterocycles. The Hall–Kier alpha value is -0.780. The fourth-order valence-corrected chi connectivity index (χ4v) is 0.549. The molecule has 10 heavy (non-hydrogen) atoms. The third kappa shape index (κ3) is 5.36. The third-order valence-corrected chi connectivity index (χ3v) is 1.23. The third-order valence-electron chi connectivity index (χ3n) is 1.23. The standard InChI is InChI=1S/C10H16/c1-5-10(4)8-6-7-9(2)3/h5,7-8H,1,6H2,2-4H3/i1D. The lowest BCUT2D eigenvalue weighted by atomic mass is 10.2. The molecule has 0 unspecified atom stereocenters. The molecule has 0 fully saturated rings. The molecule has 56 valence electrons. The van der Waals surface area contributed by atoms with Crippen molar-refractivity contribution in [3.8, 4) is 0 Å². The maximum absolute atomic E-state index is 6.82. The van der Waals surface area contributed by atoms with Crippen molar-refractivity contribution >= 4 is 0 Å². The molecule has 0 rings (SSSR count). The minimum atomic E-state index is 0.971. The van der Waals surface area contributed by atoms with E-state index >= 15 is 0 Å². The predicted molar refractivity (Wildman–Crippen MR) is 48.0 cm³/mol. The molecule has 0 radical (unpaired) electrons. The van der Waals surface area contributed by atoms with Crippen LogP contribution in [0, 0.1) is 0 Å². The van der Waals surface area contributed by atoms with Crippen molar-refractivity contribution in [3.05, 3.63) is 35.9 Å². The highest BCUT2D eigenvalue weighted by Gasteiger charge is 1.78. The lowest BCUT2D eigenvalue weighted by Crippen LogP contribution is -1.68. The smallest absolute Gasteiger partial charge is 0.0538 e. The summed E-state index contributed by atoms with van der Waals surface area (Å²) in [7, 11) is 0. The zero-order valence-electron chi connectivity index (χ0n) is 8.02. The van der Waals surface area contributed by atoms with E-state index in [1.165, 1.54) is 12.1 Å². The van der Waals surface area contributed by atoms with Gasteiger partial charge in [-0.2, -0.15) is 0 Å². The summed E-state index contributed by atoms with van der Waals surface area (Å²) in [6, 6.07) is 0. The summed E-state index contributed by atoms with van der Waals surface area (Å²) in [4.78, 5) is 0. The molecular weight excluding hydrogens is 120 g/mol. The van der Waals surface area contributed by atoms with E-state index < -0.39 is 0 Å². The molecule has 0 N–H and O–H groups in total. The summed E-state index contributed by atoms with van der Waals surface area (Å²) >= 11 is 0. The van der Waals surface area contributed by atoms with E-state index in [4.69, 9.17) is 1.37 Å². The van der Waals surface area contributed by atoms with Crippen LogP contribution in [0.2, 0.25) is 0 Å². The first kappa shape index (κ1) is 7.33. The van der Waals surface area contributed by atoms with Crippen LogP contribution in [0.25, 0.3) is 0 Å². The Bertz CT molecular complexity index is 181. The van der Waals surface area contributed by atoms with Crippen molar-refractivity contribution < 1.29 is 1.37 Å². The van der Waals surface area contributed by atoms with Crippen LogP contribution in [0.3, 0.4) is 0 Å². The molecule has 0 saturated carbocycles. The van der Waals surface area contributed by atoms with Crippen LogP contribution in [0.4, 0.5) is 0 Å². The van der Waals surface area contributed by atoms with Gasteiger partial charge in [-0.25, -0.2) is 0 Å². The van der Waals surface area contributed by atoms with E-state index in [0.717, 1.165) is 12.0 Å². The summed E-state index contributed by atoms with van der Waals surface area (Å²) in [5.74, 6) is 0. The molecule has 0 aliphatic rings. The monoisotopic (exact) mass is 137 g/mol. The summed E-state index contributed by atoms with van der Waals surface area (Å²) in [5, 5.41) is 0. The Morgan fingerprint density at radius 1 is 1.40 bits per heavy atom. The zero-order valence-corrected chi connectivity index (χ0v) is 7.02. The van der Waals surface area contributed by atoms with E-state index in [-0.39, 0.29) is 0 Å². The van der Waals surface area contributed by atoms with Gasteiger partial charge in [0.1, 0.15) is 0 Å². The van der Waals surface area contributed by atoms with Crippen LogP contribution < -0.4 is 0 Å². The molecule has 0 aliphatic carbocycles. The molecule has 0 heterocycles. The van der Waals surface area contributed by atoms with Gasteiger partial charge in [0.25, 0.3) is 0 Å². The van der Waals surface area contributed by atoms with Crippen LogP contribution in [0.5, 0.6) is 0 Å². The number of hydrogen-bond donors (Lipinski definition) is 0. The quantitative estimate of drug-likeness (QED) is 0.412. The SMILES string of the molecule is [2H]C=CC(C)=CCC=C(C)C. The van der Waals surface area contributed by atoms with Crippen LogP contribution in [0.1, 0.15) is 28.6 Å². The van der Waals surface area contributed by atoms with Gasteiger partial charge in [-0.3, -0.25) is 0 Å². The average Bonchev–Trinajstić information content (AvgIpc) is 1.87. The topological polar surface area (TPSA) is 0 Å². The summed E-state index contributed by atoms with van der Waals surface area (Å²) < 4.78 is 6.82. The van der Waals surface area contributed by atoms with Gasteiger partial charge in [0.05, 0.1) is 1.37 Å². The van der Waals surface area contributed by atoms with Gasteiger partial charge in [0.2, 0.25) is 0 Å². The molecule has 0 spiro atoms. The second-order valence-corrected chi connectivity index (χ2v) is 2.63. The van der Waals surface area contributed by atoms with Gasteiger partial charge < -0.3 is 0 Å². The van der Waals surface area contributed by atoms with E-state index in [2.05, 4.69) is 26.0 Å². The van der Waals surface area contributed by atoms with Crippen molar-refractivity contribution in [2.75, 3.05) is 0 Å². The predicted octanol–water partition coefficient (Wildman–Crippen LogP) is 3.48. The first-order chi connectivity index (χ1) is 5.16. The van der Waals surface area contributed by atoms with E-state index in [0.29, 0.717) is 0 Å². The van der Waals surface area contributed by atoms with Crippen molar-refractivity contribution in [1.82, 2.24) is 0 Å². The van der Waals surface area contributed by atoms with Gasteiger partial charge in [0.15, 0.2) is 0 Å². The fraction of sp³-hybridized carbons (Fsp3) is 0.400. The second kappa shape index (κ2) is 5.04. The molecule has 0 amide bonds. The first-order valence-corrected chi connectivity index (χ1v) is 3.52. The molecule has 0 aliphatic heterocycles. The molecule has 0 aromatic rings. The highest BCUT2D eigenvalue weighted by molar-refractivity contribution is 5.14. The molecule has 0 aromatic heterocycles. The lowest BCUT2D eigenvalue weighted by Gasteiger charge is -1.89. The first-order valence-electron chi connectivity index (χ1n) is 4.09. The van der Waals surface area contributed by atoms with E-state index in [1.54, 1.807) is 6.08 Å². The second-order valence-electron chi connectivity index (χ2n) is 2.63. The minimum Gasteiger partial charge on any atom is -0.0988 e. The Balaban J connectivity index is 3.83. The normalized spacial score (nSPS) is 13.5. The van der Waals surface area contributed by atoms with Crippen LogP contribution in [-0.2, 0) is 0 Å². The van der Waals surface area contributed by atoms with Crippen molar-refractivity contribution in [3.63, 3.8) is 0 Å². The Kier molecular flexibility index (Phi) is 3.69. The van der Waals surface area contributed by atoms with E-state index in [9.17, 15) is 0 Å². The van der Waals surface area contributed by atoms with Crippen LogP contribution >= 0.6 is 0 Å². The van der Waals surface area contributed by atoms with Crippen molar-refractivity contribution in [2.45, 2.75) is 27.2 Å². The lowest BCUT2D eigenvalue weighted by molar-refractivity contribution is 1.26. The molecule has 0 bridgehead atoms. The highest BCUT2D eigenvalue weighted by Crippen LogP contribution is 1.99. The van der Waals surface area contributed by atoms with Crippen LogP contribution in [0.15, 0.2) is 35.9 Å². The largest absolute Gasteiger partial charge is 0.0988 e. The Morgan fingerprint density at radius 2 is 2.10 bits per heavy atom. The Morgan fingerprint density at radius 3 is 2.60 bits per heavy atom. The maximum Gasteiger partial charge on any atom is 0.0538 e. The van der Waals surface area contributed by atoms with Crippen LogP contribution in [-0.4, -0.2) is 0 Å². The molecule has 0 atom stereocenters. The highest BCUT2D eigenvalue weighted by atomic mass is 13.8. The summed E-state index contributed by atoms with van der Waals surface area (Å²) in [6.07, 6.45) is 7.04. The maximum atomic E-state index is 6.82. The fourth-order valence-electron chi connectivity index (χ4n) is 0.549. The average molecular weight is 137 g/mol. The van der Waals surface area contributed by atoms with E-state index in [1.807, 2.05) is 6.92 Å². The van der Waals surface area contributed by atoms with Crippen molar-refractivity contribution in [2.24, 2.45) is 0 Å². The van der Waals surface area contributed by atoms with Gasteiger partial charge >= 0.3 is 0 Å². The summed E-state index contributed by atoms with van der Waals surface area (Å²) in [5.41, 5.74) is 2.49. The van der Waals surface area contributed by atoms with Gasteiger partial charge in [-0.15, -0.1) is 0 Å². The van der Waals surface area contributed by atoms with Crippen molar-refractivity contribution in [1.29, 1.82) is 0 Å². The Labute approximate surface area is 65.4 Å². The van der Waals surface area contributed by atoms with Gasteiger partial charge in [-0.1, -0.05) is 35.9 Å².